The fourth-order valence-electron chi connectivity index (χ4n) is 2.61. The Kier molecular flexibility index (Phi) is 6.00. The molecule has 0 spiro atoms. The van der Waals surface area contributed by atoms with Crippen LogP contribution in [0.5, 0.6) is 0 Å². The second kappa shape index (κ2) is 7.69. The molecule has 1 heterocycles. The first-order valence-electron chi connectivity index (χ1n) is 8.58. The number of hydrogen-bond acceptors (Lipinski definition) is 6. The highest BCUT2D eigenvalue weighted by atomic mass is 28.4. The number of carbonyl (C=O) groups excluding carboxylic acids is 2. The number of nitrogens with one attached hydrogen (secondary N) is 2. The molecule has 1 fully saturated rings. The largest absolute Gasteiger partial charge is 0.411 e. The van der Waals surface area contributed by atoms with Gasteiger partial charge in [0.05, 0.1) is 12.5 Å². The molecule has 26 heavy (non-hydrogen) atoms. The van der Waals surface area contributed by atoms with E-state index in [2.05, 4.69) is 39.5 Å². The second-order valence-electron chi connectivity index (χ2n) is 7.90. The van der Waals surface area contributed by atoms with Crippen molar-refractivity contribution in [2.24, 2.45) is 0 Å². The Morgan fingerprint density at radius 2 is 1.92 bits per heavy atom. The highest BCUT2D eigenvalue weighted by Crippen LogP contribution is 2.42. The Balaban J connectivity index is 2.31. The minimum Gasteiger partial charge on any atom is -0.411 e. The molecular weight excluding hydrogens is 350 g/mol. The van der Waals surface area contributed by atoms with Crippen LogP contribution in [0.15, 0.2) is 30.3 Å². The number of hydrazine groups is 1. The summed E-state index contributed by atoms with van der Waals surface area (Å²) in [5.41, 5.74) is 3.29. The fraction of sp³-hybridized carbons (Fsp3) is 0.500. The lowest BCUT2D eigenvalue weighted by atomic mass is 10.0. The van der Waals surface area contributed by atoms with Gasteiger partial charge < -0.3 is 14.7 Å². The van der Waals surface area contributed by atoms with Gasteiger partial charge >= 0.3 is 5.97 Å². The fourth-order valence-corrected chi connectivity index (χ4v) is 3.93. The molecule has 2 unspecified atom stereocenters. The SMILES string of the molecule is CC(C)(C)[Si](C)(C)OC1CC(=O)N(NOC(=O)C=N)C1c1ccccc1. The van der Waals surface area contributed by atoms with Crippen molar-refractivity contribution in [3.8, 4) is 0 Å². The van der Waals surface area contributed by atoms with Crippen LogP contribution in [0.4, 0.5) is 0 Å². The van der Waals surface area contributed by atoms with E-state index in [0.717, 1.165) is 5.56 Å². The summed E-state index contributed by atoms with van der Waals surface area (Å²) in [6.45, 7) is 10.7. The topological polar surface area (TPSA) is 91.7 Å². The molecule has 1 aliphatic rings. The van der Waals surface area contributed by atoms with E-state index in [0.29, 0.717) is 6.21 Å². The zero-order chi connectivity index (χ0) is 19.5. The molecule has 0 radical (unpaired) electrons. The van der Waals surface area contributed by atoms with E-state index in [9.17, 15) is 9.59 Å². The van der Waals surface area contributed by atoms with Gasteiger partial charge in [-0.3, -0.25) is 4.79 Å². The van der Waals surface area contributed by atoms with Crippen molar-refractivity contribution < 1.29 is 18.9 Å². The maximum Gasteiger partial charge on any atom is 0.368 e. The lowest BCUT2D eigenvalue weighted by molar-refractivity contribution is -0.165. The molecule has 1 aromatic carbocycles. The molecular formula is C18H27N3O4Si. The minimum atomic E-state index is -2.11. The maximum atomic E-state index is 12.6. The van der Waals surface area contributed by atoms with Gasteiger partial charge in [-0.25, -0.2) is 9.80 Å². The lowest BCUT2D eigenvalue weighted by Crippen LogP contribution is -2.47. The van der Waals surface area contributed by atoms with Crippen molar-refractivity contribution in [1.29, 1.82) is 5.41 Å². The van der Waals surface area contributed by atoms with E-state index >= 15 is 0 Å². The number of hydrogen-bond donors (Lipinski definition) is 2. The van der Waals surface area contributed by atoms with Gasteiger partial charge in [0.2, 0.25) is 5.91 Å². The van der Waals surface area contributed by atoms with Crippen molar-refractivity contribution in [3.63, 3.8) is 0 Å². The van der Waals surface area contributed by atoms with Gasteiger partial charge in [0.15, 0.2) is 8.32 Å². The maximum absolute atomic E-state index is 12.6. The van der Waals surface area contributed by atoms with Crippen LogP contribution in [0.25, 0.3) is 0 Å². The third kappa shape index (κ3) is 4.38. The van der Waals surface area contributed by atoms with Crippen LogP contribution in [0, 0.1) is 5.41 Å². The predicted molar refractivity (Wildman–Crippen MR) is 101 cm³/mol. The average Bonchev–Trinajstić information content (AvgIpc) is 2.86. The smallest absolute Gasteiger partial charge is 0.368 e. The summed E-state index contributed by atoms with van der Waals surface area (Å²) in [6.07, 6.45) is 0.382. The summed E-state index contributed by atoms with van der Waals surface area (Å²) in [5, 5.41) is 8.20. The first-order chi connectivity index (χ1) is 12.1. The number of benzene rings is 1. The molecule has 2 atom stereocenters. The molecule has 1 aromatic rings. The lowest BCUT2D eigenvalue weighted by Gasteiger charge is -2.40. The van der Waals surface area contributed by atoms with Crippen LogP contribution in [0.3, 0.4) is 0 Å². The molecule has 1 aliphatic heterocycles. The van der Waals surface area contributed by atoms with E-state index in [1.165, 1.54) is 5.01 Å². The normalized spacial score (nSPS) is 21.0. The average molecular weight is 378 g/mol. The van der Waals surface area contributed by atoms with Gasteiger partial charge in [0, 0.05) is 0 Å². The molecule has 142 valence electrons. The highest BCUT2D eigenvalue weighted by molar-refractivity contribution is 6.74. The van der Waals surface area contributed by atoms with Crippen LogP contribution < -0.4 is 5.59 Å². The van der Waals surface area contributed by atoms with Crippen LogP contribution in [-0.2, 0) is 18.9 Å². The van der Waals surface area contributed by atoms with Crippen LogP contribution in [0.1, 0.15) is 38.8 Å². The predicted octanol–water partition coefficient (Wildman–Crippen LogP) is 2.96. The van der Waals surface area contributed by atoms with E-state index < -0.39 is 20.3 Å². The third-order valence-electron chi connectivity index (χ3n) is 5.03. The van der Waals surface area contributed by atoms with Gasteiger partial charge in [-0.05, 0) is 23.7 Å². The number of carbonyl (C=O) groups is 2. The molecule has 0 saturated carbocycles. The van der Waals surface area contributed by atoms with Crippen molar-refractivity contribution >= 4 is 26.4 Å². The molecule has 0 aliphatic carbocycles. The Morgan fingerprint density at radius 1 is 1.31 bits per heavy atom. The van der Waals surface area contributed by atoms with E-state index in [4.69, 9.17) is 14.7 Å². The number of amides is 1. The first kappa shape index (κ1) is 20.3. The van der Waals surface area contributed by atoms with E-state index in [1.54, 1.807) is 0 Å². The van der Waals surface area contributed by atoms with Gasteiger partial charge in [0.25, 0.3) is 0 Å². The Bertz CT molecular complexity index is 673. The zero-order valence-corrected chi connectivity index (χ0v) is 16.9. The van der Waals surface area contributed by atoms with Crippen LogP contribution in [-0.4, -0.2) is 37.5 Å². The Hall–Kier alpha value is -2.03. The molecule has 7 nitrogen and oxygen atoms in total. The molecule has 0 bridgehead atoms. The monoisotopic (exact) mass is 377 g/mol. The number of rotatable bonds is 6. The third-order valence-corrected chi connectivity index (χ3v) is 9.53. The summed E-state index contributed by atoms with van der Waals surface area (Å²) in [5.74, 6) is -1.10. The summed E-state index contributed by atoms with van der Waals surface area (Å²) in [4.78, 5) is 28.6. The summed E-state index contributed by atoms with van der Waals surface area (Å²) in [6, 6.07) is 9.09. The Labute approximate surface area is 155 Å². The quantitative estimate of drug-likeness (QED) is 0.452. The molecule has 2 rings (SSSR count). The van der Waals surface area contributed by atoms with E-state index in [-0.39, 0.29) is 23.5 Å². The first-order valence-corrected chi connectivity index (χ1v) is 11.5. The molecule has 0 aromatic heterocycles. The number of nitrogens with zero attached hydrogens (tertiary/aromatic N) is 1. The second-order valence-corrected chi connectivity index (χ2v) is 12.7. The molecule has 1 amide bonds. The summed E-state index contributed by atoms with van der Waals surface area (Å²) < 4.78 is 6.52. The van der Waals surface area contributed by atoms with Crippen molar-refractivity contribution in [2.45, 2.75) is 57.5 Å². The van der Waals surface area contributed by atoms with Crippen LogP contribution >= 0.6 is 0 Å². The molecule has 8 heteroatoms. The van der Waals surface area contributed by atoms with Gasteiger partial charge in [-0.1, -0.05) is 56.7 Å². The zero-order valence-electron chi connectivity index (χ0n) is 15.9. The van der Waals surface area contributed by atoms with E-state index in [1.807, 2.05) is 30.3 Å². The van der Waals surface area contributed by atoms with Gasteiger partial charge in [-0.15, -0.1) is 0 Å². The molecule has 1 saturated heterocycles. The minimum absolute atomic E-state index is 0.00474. The summed E-state index contributed by atoms with van der Waals surface area (Å²) in [7, 11) is -2.11. The Morgan fingerprint density at radius 3 is 2.46 bits per heavy atom. The van der Waals surface area contributed by atoms with Crippen LogP contribution in [0.2, 0.25) is 18.1 Å². The summed E-state index contributed by atoms with van der Waals surface area (Å²) >= 11 is 0. The van der Waals surface area contributed by atoms with Crippen molar-refractivity contribution in [3.05, 3.63) is 35.9 Å². The van der Waals surface area contributed by atoms with Gasteiger partial charge in [0.1, 0.15) is 12.3 Å². The van der Waals surface area contributed by atoms with Crippen molar-refractivity contribution in [2.75, 3.05) is 0 Å². The molecule has 2 N–H and O–H groups in total. The van der Waals surface area contributed by atoms with Gasteiger partial charge in [-0.2, -0.15) is 0 Å². The highest BCUT2D eigenvalue weighted by Gasteiger charge is 2.47. The standard InChI is InChI=1S/C18H27N3O4Si/c1-18(2,3)26(4,5)25-14-11-15(22)21(20-24-16(23)12-19)17(14)13-9-7-6-8-10-13/h6-10,12,14,17,19-20H,11H2,1-5H3. The van der Waals surface area contributed by atoms with Crippen molar-refractivity contribution in [1.82, 2.24) is 10.6 Å².